The zero-order valence-corrected chi connectivity index (χ0v) is 10.5. The Morgan fingerprint density at radius 1 is 1.50 bits per heavy atom. The molecule has 0 aliphatic rings. The Morgan fingerprint density at radius 2 is 2.31 bits per heavy atom. The predicted molar refractivity (Wildman–Crippen MR) is 67.5 cm³/mol. The molecule has 0 aromatic carbocycles. The van der Waals surface area contributed by atoms with Crippen LogP contribution in [0, 0.1) is 6.92 Å². The fraction of sp³-hybridized carbons (Fsp3) is 0.417. The number of rotatable bonds is 4. The number of hydrogen-bond acceptors (Lipinski definition) is 3. The van der Waals surface area contributed by atoms with Gasteiger partial charge in [-0.3, -0.25) is 4.68 Å². The van der Waals surface area contributed by atoms with E-state index in [1.54, 1.807) is 11.3 Å². The van der Waals surface area contributed by atoms with E-state index < -0.39 is 0 Å². The Hall–Kier alpha value is -1.13. The van der Waals surface area contributed by atoms with Gasteiger partial charge in [0, 0.05) is 19.3 Å². The number of aryl methyl sites for hydroxylation is 3. The standard InChI is InChI=1S/C12H17N3S/c1-9-7-16-8-11(9)12(13)4-3-10-5-14-15(2)6-10/h5-8,12H,3-4,13H2,1-2H3. The molecule has 2 heterocycles. The van der Waals surface area contributed by atoms with Crippen molar-refractivity contribution in [2.75, 3.05) is 0 Å². The lowest BCUT2D eigenvalue weighted by atomic mass is 10.0. The van der Waals surface area contributed by atoms with Crippen molar-refractivity contribution in [2.45, 2.75) is 25.8 Å². The fourth-order valence-corrected chi connectivity index (χ4v) is 2.74. The molecule has 1 unspecified atom stereocenters. The summed E-state index contributed by atoms with van der Waals surface area (Å²) in [6, 6.07) is 0.145. The largest absolute Gasteiger partial charge is 0.324 e. The van der Waals surface area contributed by atoms with Gasteiger partial charge in [-0.05, 0) is 47.2 Å². The average molecular weight is 235 g/mol. The highest BCUT2D eigenvalue weighted by Crippen LogP contribution is 2.23. The maximum Gasteiger partial charge on any atom is 0.0521 e. The van der Waals surface area contributed by atoms with Crippen LogP contribution in [0.1, 0.15) is 29.2 Å². The van der Waals surface area contributed by atoms with E-state index in [2.05, 4.69) is 22.8 Å². The maximum absolute atomic E-state index is 6.17. The molecule has 16 heavy (non-hydrogen) atoms. The predicted octanol–water partition coefficient (Wildman–Crippen LogP) is 2.42. The maximum atomic E-state index is 6.17. The smallest absolute Gasteiger partial charge is 0.0521 e. The molecule has 2 aromatic rings. The molecule has 0 saturated carbocycles. The second-order valence-corrected chi connectivity index (χ2v) is 4.92. The van der Waals surface area contributed by atoms with Crippen LogP contribution in [0.3, 0.4) is 0 Å². The summed E-state index contributed by atoms with van der Waals surface area (Å²) in [5.74, 6) is 0. The molecule has 1 atom stereocenters. The van der Waals surface area contributed by atoms with Crippen molar-refractivity contribution in [3.05, 3.63) is 39.8 Å². The first kappa shape index (κ1) is 11.4. The molecule has 0 spiro atoms. The quantitative estimate of drug-likeness (QED) is 0.884. The second kappa shape index (κ2) is 4.80. The summed E-state index contributed by atoms with van der Waals surface area (Å²) in [6.07, 6.45) is 5.92. The normalized spacial score (nSPS) is 12.9. The number of thiophene rings is 1. The van der Waals surface area contributed by atoms with Gasteiger partial charge in [-0.25, -0.2) is 0 Å². The van der Waals surface area contributed by atoms with Crippen LogP contribution in [0.4, 0.5) is 0 Å². The highest BCUT2D eigenvalue weighted by molar-refractivity contribution is 7.08. The summed E-state index contributed by atoms with van der Waals surface area (Å²) in [5.41, 5.74) is 10.0. The van der Waals surface area contributed by atoms with E-state index in [1.807, 2.05) is 24.1 Å². The van der Waals surface area contributed by atoms with Crippen LogP contribution >= 0.6 is 11.3 Å². The van der Waals surface area contributed by atoms with E-state index in [0.717, 1.165) is 12.8 Å². The Bertz CT molecular complexity index is 458. The molecule has 0 bridgehead atoms. The van der Waals surface area contributed by atoms with Gasteiger partial charge in [0.15, 0.2) is 0 Å². The summed E-state index contributed by atoms with van der Waals surface area (Å²) in [5, 5.41) is 8.46. The van der Waals surface area contributed by atoms with Crippen molar-refractivity contribution in [2.24, 2.45) is 12.8 Å². The van der Waals surface area contributed by atoms with Crippen LogP contribution in [0.2, 0.25) is 0 Å². The van der Waals surface area contributed by atoms with E-state index in [9.17, 15) is 0 Å². The molecule has 0 aliphatic carbocycles. The third kappa shape index (κ3) is 2.51. The van der Waals surface area contributed by atoms with Gasteiger partial charge in [-0.2, -0.15) is 16.4 Å². The lowest BCUT2D eigenvalue weighted by Crippen LogP contribution is -2.11. The molecule has 3 nitrogen and oxygen atoms in total. The number of aromatic nitrogens is 2. The van der Waals surface area contributed by atoms with E-state index in [4.69, 9.17) is 5.73 Å². The number of nitrogens with zero attached hydrogens (tertiary/aromatic N) is 2. The summed E-state index contributed by atoms with van der Waals surface area (Å²) in [6.45, 7) is 2.12. The monoisotopic (exact) mass is 235 g/mol. The highest BCUT2D eigenvalue weighted by Gasteiger charge is 2.10. The van der Waals surface area contributed by atoms with E-state index >= 15 is 0 Å². The molecule has 0 amide bonds. The van der Waals surface area contributed by atoms with Gasteiger partial charge in [-0.1, -0.05) is 0 Å². The second-order valence-electron chi connectivity index (χ2n) is 4.18. The van der Waals surface area contributed by atoms with E-state index in [1.165, 1.54) is 16.7 Å². The van der Waals surface area contributed by atoms with Crippen LogP contribution in [-0.4, -0.2) is 9.78 Å². The van der Waals surface area contributed by atoms with Crippen LogP contribution in [0.5, 0.6) is 0 Å². The minimum absolute atomic E-state index is 0.145. The van der Waals surface area contributed by atoms with Crippen molar-refractivity contribution >= 4 is 11.3 Å². The molecule has 86 valence electrons. The number of nitrogens with two attached hydrogens (primary N) is 1. The van der Waals surface area contributed by atoms with Crippen molar-refractivity contribution in [3.8, 4) is 0 Å². The molecule has 2 aromatic heterocycles. The van der Waals surface area contributed by atoms with Crippen LogP contribution in [0.25, 0.3) is 0 Å². The summed E-state index contributed by atoms with van der Waals surface area (Å²) < 4.78 is 1.83. The van der Waals surface area contributed by atoms with Crippen molar-refractivity contribution < 1.29 is 0 Å². The van der Waals surface area contributed by atoms with Crippen molar-refractivity contribution in [1.82, 2.24) is 9.78 Å². The first-order valence-corrected chi connectivity index (χ1v) is 6.37. The molecular formula is C12H17N3S. The molecule has 0 aliphatic heterocycles. The Kier molecular flexibility index (Phi) is 3.41. The Morgan fingerprint density at radius 3 is 2.88 bits per heavy atom. The van der Waals surface area contributed by atoms with Gasteiger partial charge in [0.25, 0.3) is 0 Å². The van der Waals surface area contributed by atoms with Gasteiger partial charge in [0.2, 0.25) is 0 Å². The zero-order valence-electron chi connectivity index (χ0n) is 9.68. The van der Waals surface area contributed by atoms with Crippen LogP contribution in [0.15, 0.2) is 23.2 Å². The molecule has 4 heteroatoms. The third-order valence-electron chi connectivity index (χ3n) is 2.80. The summed E-state index contributed by atoms with van der Waals surface area (Å²) in [4.78, 5) is 0. The van der Waals surface area contributed by atoms with Gasteiger partial charge < -0.3 is 5.73 Å². The topological polar surface area (TPSA) is 43.8 Å². The van der Waals surface area contributed by atoms with Gasteiger partial charge >= 0.3 is 0 Å². The molecule has 0 fully saturated rings. The zero-order chi connectivity index (χ0) is 11.5. The van der Waals surface area contributed by atoms with Gasteiger partial charge in [-0.15, -0.1) is 0 Å². The summed E-state index contributed by atoms with van der Waals surface area (Å²) in [7, 11) is 1.94. The first-order valence-electron chi connectivity index (χ1n) is 5.42. The minimum atomic E-state index is 0.145. The van der Waals surface area contributed by atoms with Gasteiger partial charge in [0.05, 0.1) is 6.20 Å². The molecule has 2 rings (SSSR count). The average Bonchev–Trinajstić information content (AvgIpc) is 2.84. The lowest BCUT2D eigenvalue weighted by molar-refractivity contribution is 0.649. The van der Waals surface area contributed by atoms with Crippen LogP contribution < -0.4 is 5.73 Å². The first-order chi connectivity index (χ1) is 7.66. The molecule has 2 N–H and O–H groups in total. The Labute approximate surface area is 99.9 Å². The third-order valence-corrected chi connectivity index (χ3v) is 3.68. The SMILES string of the molecule is Cc1cscc1C(N)CCc1cnn(C)c1. The summed E-state index contributed by atoms with van der Waals surface area (Å²) >= 11 is 1.72. The molecular weight excluding hydrogens is 218 g/mol. The van der Waals surface area contributed by atoms with Crippen LogP contribution in [-0.2, 0) is 13.5 Å². The highest BCUT2D eigenvalue weighted by atomic mass is 32.1. The molecule has 0 saturated heterocycles. The minimum Gasteiger partial charge on any atom is -0.324 e. The fourth-order valence-electron chi connectivity index (χ4n) is 1.83. The van der Waals surface area contributed by atoms with E-state index in [0.29, 0.717) is 0 Å². The Balaban J connectivity index is 1.93. The lowest BCUT2D eigenvalue weighted by Gasteiger charge is -2.10. The van der Waals surface area contributed by atoms with Crippen molar-refractivity contribution in [3.63, 3.8) is 0 Å². The number of hydrogen-bond donors (Lipinski definition) is 1. The van der Waals surface area contributed by atoms with Gasteiger partial charge in [0.1, 0.15) is 0 Å². The van der Waals surface area contributed by atoms with E-state index in [-0.39, 0.29) is 6.04 Å². The molecule has 0 radical (unpaired) electrons. The van der Waals surface area contributed by atoms with Crippen molar-refractivity contribution in [1.29, 1.82) is 0 Å².